The molecule has 0 heterocycles. The van der Waals surface area contributed by atoms with Gasteiger partial charge in [-0.05, 0) is 97.4 Å². The Labute approximate surface area is 156 Å². The van der Waals surface area contributed by atoms with Gasteiger partial charge in [-0.15, -0.1) is 0 Å². The number of rotatable bonds is 4. The zero-order valence-electron chi connectivity index (χ0n) is 13.9. The van der Waals surface area contributed by atoms with Crippen LogP contribution in [0.4, 0.5) is 5.69 Å². The van der Waals surface area contributed by atoms with Crippen molar-refractivity contribution in [2.75, 3.05) is 12.4 Å². The Hall–Kier alpha value is -1.45. The summed E-state index contributed by atoms with van der Waals surface area (Å²) in [6.45, 7) is 5.43. The fourth-order valence-corrected chi connectivity index (χ4v) is 4.02. The Morgan fingerprint density at radius 1 is 1.04 bits per heavy atom. The van der Waals surface area contributed by atoms with Gasteiger partial charge in [0.1, 0.15) is 0 Å². The maximum absolute atomic E-state index is 12.6. The van der Waals surface area contributed by atoms with Crippen molar-refractivity contribution in [3.05, 3.63) is 56.2 Å². The van der Waals surface area contributed by atoms with Crippen molar-refractivity contribution in [1.29, 1.82) is 0 Å². The van der Waals surface area contributed by atoms with Gasteiger partial charge in [-0.1, -0.05) is 0 Å². The molecule has 0 aliphatic carbocycles. The van der Waals surface area contributed by atoms with Crippen LogP contribution in [0.25, 0.3) is 0 Å². The molecule has 0 aliphatic rings. The number of sulfonamides is 1. The van der Waals surface area contributed by atoms with Crippen LogP contribution in [0.3, 0.4) is 0 Å². The van der Waals surface area contributed by atoms with E-state index in [2.05, 4.69) is 32.6 Å². The summed E-state index contributed by atoms with van der Waals surface area (Å²) in [6, 6.07) is 8.81. The lowest BCUT2D eigenvalue weighted by Crippen LogP contribution is -2.21. The lowest BCUT2D eigenvalue weighted by atomic mass is 10.1. The quantitative estimate of drug-likeness (QED) is 0.690. The van der Waals surface area contributed by atoms with Gasteiger partial charge in [0.25, 0.3) is 5.91 Å². The maximum Gasteiger partial charge on any atom is 0.255 e. The molecule has 0 saturated carbocycles. The third-order valence-electron chi connectivity index (χ3n) is 3.88. The van der Waals surface area contributed by atoms with E-state index >= 15 is 0 Å². The summed E-state index contributed by atoms with van der Waals surface area (Å²) >= 11 is 2.21. The summed E-state index contributed by atoms with van der Waals surface area (Å²) in [4.78, 5) is 12.7. The number of benzene rings is 2. The second kappa shape index (κ2) is 7.20. The number of carbonyl (C=O) groups excluding carboxylic acids is 1. The molecule has 0 aliphatic heterocycles. The molecule has 2 aromatic carbocycles. The van der Waals surface area contributed by atoms with Crippen LogP contribution in [0.5, 0.6) is 0 Å². The highest BCUT2D eigenvalue weighted by molar-refractivity contribution is 14.1. The Morgan fingerprint density at radius 3 is 2.29 bits per heavy atom. The third kappa shape index (κ3) is 3.96. The second-order valence-electron chi connectivity index (χ2n) is 5.54. The van der Waals surface area contributed by atoms with Crippen molar-refractivity contribution in [2.45, 2.75) is 25.7 Å². The third-order valence-corrected chi connectivity index (χ3v) is 6.09. The van der Waals surface area contributed by atoms with Gasteiger partial charge in [0.2, 0.25) is 10.0 Å². The molecule has 0 bridgehead atoms. The Morgan fingerprint density at radius 2 is 1.71 bits per heavy atom. The van der Waals surface area contributed by atoms with Crippen molar-refractivity contribution in [1.82, 2.24) is 4.72 Å². The van der Waals surface area contributed by atoms with Crippen LogP contribution >= 0.6 is 22.6 Å². The predicted molar refractivity (Wildman–Crippen MR) is 104 cm³/mol. The van der Waals surface area contributed by atoms with Crippen LogP contribution in [0.2, 0.25) is 0 Å². The lowest BCUT2D eigenvalue weighted by Gasteiger charge is -2.13. The van der Waals surface area contributed by atoms with Crippen LogP contribution in [-0.4, -0.2) is 21.4 Å². The minimum Gasteiger partial charge on any atom is -0.322 e. The van der Waals surface area contributed by atoms with Crippen LogP contribution in [0.15, 0.2) is 35.2 Å². The number of hydrogen-bond donors (Lipinski definition) is 2. The standard InChI is InChI=1S/C17H19IN2O3S/c1-10-7-13(9-16(12(10)3)24(22,23)19-4)17(21)20-15-6-5-14(18)8-11(15)2/h5-9,19H,1-4H3,(H,20,21). The average Bonchev–Trinajstić information content (AvgIpc) is 2.52. The minimum absolute atomic E-state index is 0.120. The number of amides is 1. The minimum atomic E-state index is -3.63. The summed E-state index contributed by atoms with van der Waals surface area (Å²) in [5.74, 6) is -0.338. The first-order valence-corrected chi connectivity index (χ1v) is 9.84. The van der Waals surface area contributed by atoms with E-state index in [0.29, 0.717) is 16.8 Å². The van der Waals surface area contributed by atoms with Crippen molar-refractivity contribution in [3.8, 4) is 0 Å². The second-order valence-corrected chi connectivity index (χ2v) is 8.64. The topological polar surface area (TPSA) is 75.3 Å². The molecule has 7 heteroatoms. The summed E-state index contributed by atoms with van der Waals surface area (Å²) < 4.78 is 27.7. The van der Waals surface area contributed by atoms with Gasteiger partial charge in [-0.25, -0.2) is 13.1 Å². The summed E-state index contributed by atoms with van der Waals surface area (Å²) in [5.41, 5.74) is 3.34. The number of halogens is 1. The Bertz CT molecular complexity index is 908. The van der Waals surface area contributed by atoms with Crippen LogP contribution < -0.4 is 10.0 Å². The molecule has 1 amide bonds. The molecule has 0 atom stereocenters. The molecule has 2 rings (SSSR count). The highest BCUT2D eigenvalue weighted by Gasteiger charge is 2.19. The first-order chi connectivity index (χ1) is 11.2. The first kappa shape index (κ1) is 18.9. The lowest BCUT2D eigenvalue weighted by molar-refractivity contribution is 0.102. The molecule has 0 spiro atoms. The van der Waals surface area contributed by atoms with Crippen LogP contribution in [-0.2, 0) is 10.0 Å². The molecular formula is C17H19IN2O3S. The molecule has 0 unspecified atom stereocenters. The van der Waals surface area contributed by atoms with E-state index in [1.807, 2.05) is 25.1 Å². The van der Waals surface area contributed by atoms with Crippen molar-refractivity contribution >= 4 is 44.2 Å². The monoisotopic (exact) mass is 458 g/mol. The van der Waals surface area contributed by atoms with E-state index < -0.39 is 10.0 Å². The van der Waals surface area contributed by atoms with E-state index in [1.165, 1.54) is 13.1 Å². The normalized spacial score (nSPS) is 11.4. The average molecular weight is 458 g/mol. The van der Waals surface area contributed by atoms with Crippen molar-refractivity contribution in [3.63, 3.8) is 0 Å². The fourth-order valence-electron chi connectivity index (χ4n) is 2.31. The molecule has 0 saturated heterocycles. The molecular weight excluding hydrogens is 439 g/mol. The van der Waals surface area contributed by atoms with E-state index in [4.69, 9.17) is 0 Å². The predicted octanol–water partition coefficient (Wildman–Crippen LogP) is 3.38. The molecule has 0 fully saturated rings. The summed E-state index contributed by atoms with van der Waals surface area (Å²) in [5, 5.41) is 2.84. The maximum atomic E-state index is 12.6. The number of nitrogens with one attached hydrogen (secondary N) is 2. The smallest absolute Gasteiger partial charge is 0.255 e. The molecule has 128 valence electrons. The first-order valence-electron chi connectivity index (χ1n) is 7.28. The van der Waals surface area contributed by atoms with Crippen LogP contribution in [0.1, 0.15) is 27.0 Å². The van der Waals surface area contributed by atoms with E-state index in [-0.39, 0.29) is 10.8 Å². The SMILES string of the molecule is CNS(=O)(=O)c1cc(C(=O)Nc2ccc(I)cc2C)cc(C)c1C. The van der Waals surface area contributed by atoms with Gasteiger partial charge >= 0.3 is 0 Å². The van der Waals surface area contributed by atoms with Gasteiger partial charge in [-0.2, -0.15) is 0 Å². The number of aryl methyl sites for hydroxylation is 2. The van der Waals surface area contributed by atoms with E-state index in [1.54, 1.807) is 19.9 Å². The highest BCUT2D eigenvalue weighted by Crippen LogP contribution is 2.23. The molecule has 0 aromatic heterocycles. The highest BCUT2D eigenvalue weighted by atomic mass is 127. The summed E-state index contributed by atoms with van der Waals surface area (Å²) in [7, 11) is -2.27. The molecule has 0 radical (unpaired) electrons. The van der Waals surface area contributed by atoms with Crippen molar-refractivity contribution < 1.29 is 13.2 Å². The molecule has 5 nitrogen and oxygen atoms in total. The van der Waals surface area contributed by atoms with Crippen molar-refractivity contribution in [2.24, 2.45) is 0 Å². The van der Waals surface area contributed by atoms with Crippen LogP contribution in [0, 0.1) is 24.3 Å². The van der Waals surface area contributed by atoms with Gasteiger partial charge < -0.3 is 5.32 Å². The molecule has 24 heavy (non-hydrogen) atoms. The summed E-state index contributed by atoms with van der Waals surface area (Å²) in [6.07, 6.45) is 0. The van der Waals surface area contributed by atoms with Gasteiger partial charge in [0.15, 0.2) is 0 Å². The molecule has 2 N–H and O–H groups in total. The van der Waals surface area contributed by atoms with Gasteiger partial charge in [0, 0.05) is 14.8 Å². The Balaban J connectivity index is 2.43. The largest absolute Gasteiger partial charge is 0.322 e. The number of anilines is 1. The fraction of sp³-hybridized carbons (Fsp3) is 0.235. The van der Waals surface area contributed by atoms with E-state index in [0.717, 1.165) is 14.7 Å². The number of carbonyl (C=O) groups is 1. The zero-order valence-corrected chi connectivity index (χ0v) is 16.9. The van der Waals surface area contributed by atoms with Gasteiger partial charge in [0.05, 0.1) is 4.90 Å². The Kier molecular flexibility index (Phi) is 5.67. The zero-order chi connectivity index (χ0) is 18.1. The molecule has 2 aromatic rings. The van der Waals surface area contributed by atoms with Gasteiger partial charge in [-0.3, -0.25) is 4.79 Å². The van der Waals surface area contributed by atoms with E-state index in [9.17, 15) is 13.2 Å². The number of hydrogen-bond acceptors (Lipinski definition) is 3.